The average molecular weight is 536 g/mol. The minimum atomic E-state index is -4.68. The first-order valence-electron chi connectivity index (χ1n) is 10.4. The summed E-state index contributed by atoms with van der Waals surface area (Å²) in [6.45, 7) is 0. The highest BCUT2D eigenvalue weighted by molar-refractivity contribution is 7.90. The molecule has 188 valence electrons. The zero-order valence-corrected chi connectivity index (χ0v) is 20.9. The van der Waals surface area contributed by atoms with Crippen LogP contribution in [0.15, 0.2) is 71.6 Å². The Hall–Kier alpha value is -3.64. The van der Waals surface area contributed by atoms with Crippen molar-refractivity contribution in [2.24, 2.45) is 0 Å². The summed E-state index contributed by atoms with van der Waals surface area (Å²) in [5.74, 6) is 0.144. The molecule has 4 rings (SSSR count). The number of amides is 1. The normalized spacial score (nSPS) is 11.9. The summed E-state index contributed by atoms with van der Waals surface area (Å²) in [7, 11) is -0.411. The van der Waals surface area contributed by atoms with Crippen LogP contribution in [0, 0.1) is 0 Å². The van der Waals surface area contributed by atoms with Gasteiger partial charge < -0.3 is 9.64 Å². The first-order valence-corrected chi connectivity index (χ1v) is 13.1. The molecule has 36 heavy (non-hydrogen) atoms. The number of hydrogen-bond donors (Lipinski definition) is 0. The van der Waals surface area contributed by atoms with Gasteiger partial charge in [-0.05, 0) is 48.0 Å². The second-order valence-electron chi connectivity index (χ2n) is 8.05. The van der Waals surface area contributed by atoms with Crippen molar-refractivity contribution in [3.8, 4) is 32.4 Å². The molecule has 0 saturated heterocycles. The molecule has 0 bridgehead atoms. The number of alkyl halides is 3. The van der Waals surface area contributed by atoms with Crippen molar-refractivity contribution in [2.75, 3.05) is 20.4 Å². The van der Waals surface area contributed by atoms with E-state index in [4.69, 9.17) is 4.74 Å². The quantitative estimate of drug-likeness (QED) is 0.325. The highest BCUT2D eigenvalue weighted by Gasteiger charge is 2.35. The first-order chi connectivity index (χ1) is 16.8. The summed E-state index contributed by atoms with van der Waals surface area (Å²) in [5.41, 5.74) is -0.0244. The van der Waals surface area contributed by atoms with Gasteiger partial charge in [-0.1, -0.05) is 18.2 Å². The summed E-state index contributed by atoms with van der Waals surface area (Å²) in [6, 6.07) is 16.7. The van der Waals surface area contributed by atoms with Crippen LogP contribution in [0.3, 0.4) is 0 Å². The number of benzene rings is 2. The predicted octanol–water partition coefficient (Wildman–Crippen LogP) is 5.75. The van der Waals surface area contributed by atoms with Crippen LogP contribution < -0.4 is 4.74 Å². The lowest BCUT2D eigenvalue weighted by Gasteiger charge is -2.12. The number of carbonyl (C=O) groups excluding carboxylic acids is 1. The Bertz CT molecular complexity index is 1540. The summed E-state index contributed by atoms with van der Waals surface area (Å²) in [6.07, 6.45) is -4.21. The topological polar surface area (TPSA) is 81.5 Å². The molecule has 0 fully saturated rings. The van der Waals surface area contributed by atoms with Crippen LogP contribution in [0.25, 0.3) is 26.7 Å². The standard InChI is InChI=1S/C24H20F3N3O4S2/c1-29(2)23(31)34-17-8-5-7-16(13-17)30-19(14-22(28-30)24(25,26)27)21-11-10-20(35-21)15-6-4-9-18(12-15)36(3,32)33/h4-14H,1-3H3. The summed E-state index contributed by atoms with van der Waals surface area (Å²) < 4.78 is 70.9. The number of thiophene rings is 1. The maximum Gasteiger partial charge on any atom is 0.435 e. The third kappa shape index (κ3) is 5.44. The van der Waals surface area contributed by atoms with E-state index in [9.17, 15) is 26.4 Å². The molecule has 7 nitrogen and oxygen atoms in total. The van der Waals surface area contributed by atoms with Gasteiger partial charge in [0.2, 0.25) is 0 Å². The van der Waals surface area contributed by atoms with Crippen LogP contribution >= 0.6 is 11.3 Å². The Labute approximate surface area is 209 Å². The van der Waals surface area contributed by atoms with Crippen LogP contribution in [0.1, 0.15) is 5.69 Å². The van der Waals surface area contributed by atoms with Gasteiger partial charge in [-0.15, -0.1) is 11.3 Å². The fourth-order valence-electron chi connectivity index (χ4n) is 3.27. The number of aromatic nitrogens is 2. The highest BCUT2D eigenvalue weighted by Crippen LogP contribution is 2.39. The third-order valence-corrected chi connectivity index (χ3v) is 7.30. The monoisotopic (exact) mass is 535 g/mol. The highest BCUT2D eigenvalue weighted by atomic mass is 32.2. The summed E-state index contributed by atoms with van der Waals surface area (Å²) in [4.78, 5) is 14.4. The lowest BCUT2D eigenvalue weighted by molar-refractivity contribution is -0.141. The largest absolute Gasteiger partial charge is 0.435 e. The van der Waals surface area contributed by atoms with E-state index in [0.717, 1.165) is 17.0 Å². The number of ether oxygens (including phenoxy) is 1. The van der Waals surface area contributed by atoms with Gasteiger partial charge in [-0.25, -0.2) is 17.9 Å². The Morgan fingerprint density at radius 2 is 1.69 bits per heavy atom. The molecule has 0 unspecified atom stereocenters. The van der Waals surface area contributed by atoms with Gasteiger partial charge in [0.25, 0.3) is 0 Å². The van der Waals surface area contributed by atoms with E-state index in [1.54, 1.807) is 36.4 Å². The van der Waals surface area contributed by atoms with Crippen molar-refractivity contribution < 1.29 is 31.1 Å². The van der Waals surface area contributed by atoms with Crippen molar-refractivity contribution in [1.29, 1.82) is 0 Å². The number of halogens is 3. The van der Waals surface area contributed by atoms with Gasteiger partial charge in [0.15, 0.2) is 15.5 Å². The Kier molecular flexibility index (Phi) is 6.67. The van der Waals surface area contributed by atoms with Crippen LogP contribution in [0.4, 0.5) is 18.0 Å². The molecule has 0 aliphatic rings. The van der Waals surface area contributed by atoms with Crippen LogP contribution in [-0.4, -0.2) is 49.5 Å². The molecule has 1 amide bonds. The lowest BCUT2D eigenvalue weighted by atomic mass is 10.2. The smallest absolute Gasteiger partial charge is 0.410 e. The van der Waals surface area contributed by atoms with Gasteiger partial charge in [-0.2, -0.15) is 18.3 Å². The molecular formula is C24H20F3N3O4S2. The molecule has 0 saturated carbocycles. The van der Waals surface area contributed by atoms with E-state index < -0.39 is 27.8 Å². The average Bonchev–Trinajstić information content (AvgIpc) is 3.46. The molecule has 2 aromatic heterocycles. The van der Waals surface area contributed by atoms with E-state index in [1.165, 1.54) is 54.6 Å². The molecule has 4 aromatic rings. The molecule has 0 spiro atoms. The maximum absolute atomic E-state index is 13.6. The molecule has 0 radical (unpaired) electrons. The van der Waals surface area contributed by atoms with E-state index in [-0.39, 0.29) is 22.0 Å². The number of sulfone groups is 1. The lowest BCUT2D eigenvalue weighted by Crippen LogP contribution is -2.25. The van der Waals surface area contributed by atoms with E-state index in [2.05, 4.69) is 5.10 Å². The maximum atomic E-state index is 13.6. The van der Waals surface area contributed by atoms with Gasteiger partial charge in [0.1, 0.15) is 5.75 Å². The Balaban J connectivity index is 1.78. The minimum Gasteiger partial charge on any atom is -0.410 e. The predicted molar refractivity (Wildman–Crippen MR) is 130 cm³/mol. The SMILES string of the molecule is CN(C)C(=O)Oc1cccc(-n2nc(C(F)(F)F)cc2-c2ccc(-c3cccc(S(C)(=O)=O)c3)s2)c1. The van der Waals surface area contributed by atoms with Crippen molar-refractivity contribution in [3.05, 3.63) is 72.4 Å². The molecular weight excluding hydrogens is 515 g/mol. The molecule has 0 aliphatic heterocycles. The second kappa shape index (κ2) is 9.43. The molecule has 2 aromatic carbocycles. The fourth-order valence-corrected chi connectivity index (χ4v) is 4.94. The van der Waals surface area contributed by atoms with Gasteiger partial charge in [0.05, 0.1) is 21.2 Å². The fraction of sp³-hybridized carbons (Fsp3) is 0.167. The van der Waals surface area contributed by atoms with Crippen LogP contribution in [0.5, 0.6) is 5.75 Å². The molecule has 0 atom stereocenters. The zero-order chi connectivity index (χ0) is 26.3. The number of rotatable bonds is 5. The van der Waals surface area contributed by atoms with Crippen molar-refractivity contribution >= 4 is 27.3 Å². The number of carbonyl (C=O) groups is 1. The van der Waals surface area contributed by atoms with Crippen molar-refractivity contribution in [3.63, 3.8) is 0 Å². The van der Waals surface area contributed by atoms with Gasteiger partial charge in [-0.3, -0.25) is 0 Å². The molecule has 2 heterocycles. The summed E-state index contributed by atoms with van der Waals surface area (Å²) in [5, 5.41) is 3.78. The van der Waals surface area contributed by atoms with Gasteiger partial charge >= 0.3 is 12.3 Å². The van der Waals surface area contributed by atoms with E-state index in [0.29, 0.717) is 15.3 Å². The second-order valence-corrected chi connectivity index (χ2v) is 11.1. The van der Waals surface area contributed by atoms with Crippen LogP contribution in [-0.2, 0) is 16.0 Å². The molecule has 0 N–H and O–H groups in total. The first kappa shape index (κ1) is 25.5. The van der Waals surface area contributed by atoms with Crippen molar-refractivity contribution in [2.45, 2.75) is 11.1 Å². The minimum absolute atomic E-state index is 0.142. The third-order valence-electron chi connectivity index (χ3n) is 5.04. The Morgan fingerprint density at radius 1 is 1.00 bits per heavy atom. The van der Waals surface area contributed by atoms with E-state index >= 15 is 0 Å². The molecule has 12 heteroatoms. The van der Waals surface area contributed by atoms with Gasteiger partial charge in [0, 0.05) is 31.3 Å². The molecule has 0 aliphatic carbocycles. The van der Waals surface area contributed by atoms with Crippen molar-refractivity contribution in [1.82, 2.24) is 14.7 Å². The van der Waals surface area contributed by atoms with E-state index in [1.807, 2.05) is 0 Å². The zero-order valence-electron chi connectivity index (χ0n) is 19.3. The number of hydrogen-bond acceptors (Lipinski definition) is 6. The number of nitrogens with zero attached hydrogens (tertiary/aromatic N) is 3. The van der Waals surface area contributed by atoms with Crippen LogP contribution in [0.2, 0.25) is 0 Å². The Morgan fingerprint density at radius 3 is 2.36 bits per heavy atom. The summed E-state index contributed by atoms with van der Waals surface area (Å²) >= 11 is 1.19.